The Morgan fingerprint density at radius 1 is 0.769 bits per heavy atom. The van der Waals surface area contributed by atoms with E-state index in [-0.39, 0.29) is 54.7 Å². The smallest absolute Gasteiger partial charge is 0.451 e. The Bertz CT molecular complexity index is 3460. The molecule has 12 N–H and O–H groups in total. The van der Waals surface area contributed by atoms with Gasteiger partial charge in [-0.05, 0) is 41.7 Å². The quantitative estimate of drug-likeness (QED) is 0.0368. The van der Waals surface area contributed by atoms with Crippen LogP contribution in [0.5, 0.6) is 0 Å². The number of aliphatic hydroxyl groups excluding tert-OH is 5. The molecule has 7 aromatic rings. The fraction of sp³-hybridized carbons (Fsp3) is 0.348. The molecule has 78 heavy (non-hydrogen) atoms. The van der Waals surface area contributed by atoms with Crippen molar-refractivity contribution in [2.45, 2.75) is 93.5 Å². The summed E-state index contributed by atoms with van der Waals surface area (Å²) in [6.07, 6.45) is -9.73. The van der Waals surface area contributed by atoms with Crippen molar-refractivity contribution in [3.05, 3.63) is 120 Å². The van der Waals surface area contributed by atoms with E-state index in [1.165, 1.54) is 64.5 Å². The maximum Gasteiger partial charge on any atom is 0.451 e. The predicted octanol–water partition coefficient (Wildman–Crippen LogP) is -0.265. The summed E-state index contributed by atoms with van der Waals surface area (Å²) in [7, 11) is -4.08. The molecule has 1 unspecified atom stereocenters. The number of benzene rings is 2. The lowest BCUT2D eigenvalue weighted by Gasteiger charge is -2.16. The number of hydrogen-bond acceptors (Lipinski definition) is 22. The van der Waals surface area contributed by atoms with Gasteiger partial charge in [-0.3, -0.25) is 18.7 Å². The molecule has 2 fully saturated rings. The molecule has 2 saturated heterocycles. The van der Waals surface area contributed by atoms with Crippen LogP contribution in [0.4, 0.5) is 24.5 Å². The number of imidazole rings is 2. The van der Waals surface area contributed by atoms with Gasteiger partial charge in [0.1, 0.15) is 53.8 Å². The molecule has 0 amide bonds. The highest BCUT2D eigenvalue weighted by Crippen LogP contribution is 2.34. The third kappa shape index (κ3) is 12.4. The second kappa shape index (κ2) is 23.5. The van der Waals surface area contributed by atoms with Crippen molar-refractivity contribution in [1.29, 1.82) is 0 Å². The first kappa shape index (κ1) is 56.5. The van der Waals surface area contributed by atoms with E-state index < -0.39 is 108 Å². The molecule has 27 nitrogen and oxygen atoms in total. The van der Waals surface area contributed by atoms with E-state index in [4.69, 9.17) is 20.9 Å². The van der Waals surface area contributed by atoms with E-state index >= 15 is 0 Å². The lowest BCUT2D eigenvalue weighted by Crippen LogP contribution is -2.47. The average molecular weight is 1110 g/mol. The minimum absolute atomic E-state index is 0.0489. The highest BCUT2D eigenvalue weighted by Gasteiger charge is 2.47. The molecule has 0 bridgehead atoms. The molecular formula is C46H49BF3N13O14S. The summed E-state index contributed by atoms with van der Waals surface area (Å²) in [5.74, 6) is -2.43. The lowest BCUT2D eigenvalue weighted by molar-refractivity contribution is -0.0599. The minimum Gasteiger partial charge on any atom is -0.478 e. The number of carboxylic acid groups (broad SMARTS) is 1. The molecule has 0 radical (unpaired) electrons. The number of ether oxygens (including phenoxy) is 2. The summed E-state index contributed by atoms with van der Waals surface area (Å²) in [5, 5.41) is 83.9. The third-order valence-corrected chi connectivity index (χ3v) is 13.7. The highest BCUT2D eigenvalue weighted by atomic mass is 32.2. The number of aliphatic hydroxyl groups is 5. The second-order valence-electron chi connectivity index (χ2n) is 17.8. The molecule has 9 atom stereocenters. The van der Waals surface area contributed by atoms with Crippen LogP contribution in [0, 0.1) is 0 Å². The zero-order valence-electron chi connectivity index (χ0n) is 40.4. The second-order valence-corrected chi connectivity index (χ2v) is 19.5. The molecule has 5 aromatic heterocycles. The normalized spacial score (nSPS) is 22.0. The zero-order chi connectivity index (χ0) is 56.2. The van der Waals surface area contributed by atoms with Crippen LogP contribution in [0.2, 0.25) is 0 Å². The maximum atomic E-state index is 12.9. The Morgan fingerprint density at radius 2 is 1.31 bits per heavy atom. The van der Waals surface area contributed by atoms with Crippen LogP contribution in [0.1, 0.15) is 81.1 Å². The van der Waals surface area contributed by atoms with Crippen LogP contribution < -0.4 is 21.7 Å². The number of pyridine rings is 2. The number of hydrogen-bond donors (Lipinski definition) is 10. The molecule has 2 aliphatic rings. The third-order valence-electron chi connectivity index (χ3n) is 12.6. The van der Waals surface area contributed by atoms with Crippen molar-refractivity contribution in [2.24, 2.45) is 0 Å². The van der Waals surface area contributed by atoms with Crippen molar-refractivity contribution >= 4 is 73.6 Å². The first-order chi connectivity index (χ1) is 37.0. The minimum atomic E-state index is -4.96. The van der Waals surface area contributed by atoms with Crippen molar-refractivity contribution in [1.82, 2.24) is 54.0 Å². The number of fused-ring (bicyclic) bond motifs is 2. The first-order valence-electron chi connectivity index (χ1n) is 23.6. The molecule has 32 heteroatoms. The number of tetrazole rings is 1. The van der Waals surface area contributed by atoms with Crippen LogP contribution in [-0.4, -0.2) is 167 Å². The maximum absolute atomic E-state index is 12.9. The number of carboxylic acids is 1. The van der Waals surface area contributed by atoms with E-state index in [1.807, 2.05) is 0 Å². The summed E-state index contributed by atoms with van der Waals surface area (Å²) >= 11 is 0. The summed E-state index contributed by atoms with van der Waals surface area (Å²) < 4.78 is 80.1. The van der Waals surface area contributed by atoms with Gasteiger partial charge in [0.05, 0.1) is 36.1 Å². The first-order valence-corrected chi connectivity index (χ1v) is 25.1. The molecule has 2 aliphatic heterocycles. The monoisotopic (exact) mass is 1110 g/mol. The van der Waals surface area contributed by atoms with Gasteiger partial charge in [0, 0.05) is 48.3 Å². The van der Waals surface area contributed by atoms with Gasteiger partial charge in [-0.1, -0.05) is 48.5 Å². The van der Waals surface area contributed by atoms with Gasteiger partial charge in [-0.2, -0.15) is 18.0 Å². The Balaban J connectivity index is 0.000000206. The predicted molar refractivity (Wildman–Crippen MR) is 265 cm³/mol. The molecule has 0 spiro atoms. The number of nitrogen functional groups attached to an aromatic ring is 2. The molecule has 9 rings (SSSR count). The van der Waals surface area contributed by atoms with Gasteiger partial charge in [-0.25, -0.2) is 37.9 Å². The van der Waals surface area contributed by atoms with E-state index in [1.54, 1.807) is 18.2 Å². The van der Waals surface area contributed by atoms with Crippen molar-refractivity contribution < 1.29 is 81.1 Å². The zero-order valence-corrected chi connectivity index (χ0v) is 41.2. The number of alkyl halides is 3. The van der Waals surface area contributed by atoms with Crippen LogP contribution in [-0.2, 0) is 26.0 Å². The number of nitrogens with zero attached hydrogens (tertiary/aromatic N) is 10. The number of aromatic carboxylic acids is 1. The number of nitrogens with two attached hydrogens (primary N) is 2. The van der Waals surface area contributed by atoms with Crippen LogP contribution in [0.15, 0.2) is 97.2 Å². The number of aromatic nitrogens is 10. The summed E-state index contributed by atoms with van der Waals surface area (Å²) in [4.78, 5) is 54.1. The van der Waals surface area contributed by atoms with Gasteiger partial charge in [0.15, 0.2) is 35.3 Å². The van der Waals surface area contributed by atoms with Crippen molar-refractivity contribution in [3.8, 4) is 0 Å². The van der Waals surface area contributed by atoms with Crippen molar-refractivity contribution in [3.63, 3.8) is 0 Å². The molecule has 0 saturated carbocycles. The molecular weight excluding hydrogens is 1060 g/mol. The van der Waals surface area contributed by atoms with Gasteiger partial charge in [-0.15, -0.1) is 10.2 Å². The Hall–Kier alpha value is -7.66. The van der Waals surface area contributed by atoms with Gasteiger partial charge in [0.2, 0.25) is 15.8 Å². The number of ketones is 2. The van der Waals surface area contributed by atoms with E-state index in [2.05, 4.69) is 40.1 Å². The number of sulfonamides is 1. The van der Waals surface area contributed by atoms with Crippen LogP contribution in [0.25, 0.3) is 22.3 Å². The lowest BCUT2D eigenvalue weighted by atomic mass is 9.58. The fourth-order valence-corrected chi connectivity index (χ4v) is 9.43. The number of allylic oxidation sites excluding steroid dienone is 1. The number of anilines is 2. The number of carbonyl (C=O) groups is 3. The van der Waals surface area contributed by atoms with Gasteiger partial charge in [0.25, 0.3) is 0 Å². The summed E-state index contributed by atoms with van der Waals surface area (Å²) in [6.45, 7) is -3.34. The molecule has 412 valence electrons. The number of rotatable bonds is 19. The standard InChI is InChI=1S/C23H25BF3N5O7S.C23H24N8O7/c25-23(26,27)24(36)14-6-2-1-5-13(14)16(33)7-3-4-10-40(37,38)31-11-17-19(34)20(35)22(39-17)32-12-30-18-15(28)8-9-29-21(18)32;24-13-7-8-25-21-17(13)26-10-30(21)22-19(35)18(34)16(38-22)9-31-28-20(27-29-31)15(33)6-5-14(32)11-3-1-2-4-12(11)23(36)37/h1-2,4-6,8-10,12,17,19-20,22,31,34-36H,3,7,11H2,(H2,28,29);1-4,7-8,10,15-16,18-19,22,33-35H,5-6,9H2,(H2,24,25)(H,36,37)/b10-4+;/t17-,19-,20-,22-;15?,16-,18-,19-,22-/m11/s1. The topological polar surface area (TPSA) is 415 Å². The number of Topliss-reactive ketones (excluding diaryl/α,β-unsaturated/α-hetero) is 2. The van der Waals surface area contributed by atoms with Crippen molar-refractivity contribution in [2.75, 3.05) is 18.0 Å². The highest BCUT2D eigenvalue weighted by molar-refractivity contribution is 7.92. The summed E-state index contributed by atoms with van der Waals surface area (Å²) in [6, 6.07) is 13.7. The van der Waals surface area contributed by atoms with Crippen LogP contribution >= 0.6 is 0 Å². The van der Waals surface area contributed by atoms with Gasteiger partial charge < -0.3 is 56.6 Å². The van der Waals surface area contributed by atoms with E-state index in [0.717, 1.165) is 28.4 Å². The SMILES string of the molecule is Nc1ccnc2c1ncn2[C@@H]1O[C@H](CNS(=O)(=O)/C=C/CCC(=O)c2ccccc2B(O)C(F)(F)F)[C@@H](O)[C@H]1O.Nc1ccnc2c1ncn2[C@@H]1O[C@H](Cn2nnc(C(O)CCC(=O)c3ccccc3C(=O)O)n2)[C@@H](O)[C@H]1O. The molecule has 7 heterocycles. The van der Waals surface area contributed by atoms with Gasteiger partial charge >= 0.3 is 19.0 Å². The van der Waals surface area contributed by atoms with E-state index in [9.17, 15) is 71.6 Å². The number of nitrogens with one attached hydrogen (secondary N) is 1. The largest absolute Gasteiger partial charge is 0.478 e. The number of carbonyl (C=O) groups excluding carboxylic acids is 2. The summed E-state index contributed by atoms with van der Waals surface area (Å²) in [5.41, 5.74) is 13.0. The average Bonchev–Trinajstić information content (AvgIpc) is 4.31. The van der Waals surface area contributed by atoms with E-state index in [0.29, 0.717) is 33.7 Å². The number of halogens is 3. The Morgan fingerprint density at radius 3 is 1.90 bits per heavy atom. The molecule has 0 aliphatic carbocycles. The fourth-order valence-electron chi connectivity index (χ4n) is 8.54. The Labute approximate surface area is 438 Å². The van der Waals surface area contributed by atoms with Crippen LogP contribution in [0.3, 0.4) is 0 Å². The Kier molecular flexibility index (Phi) is 17.1. The molecule has 2 aromatic carbocycles.